The van der Waals surface area contributed by atoms with Crippen LogP contribution >= 0.6 is 0 Å². The van der Waals surface area contributed by atoms with Crippen LogP contribution in [0.1, 0.15) is 56.6 Å². The number of aryl methyl sites for hydroxylation is 1. The maximum Gasteiger partial charge on any atom is 0.230 e. The Bertz CT molecular complexity index is 1020. The van der Waals surface area contributed by atoms with Crippen LogP contribution in [0.2, 0.25) is 0 Å². The van der Waals surface area contributed by atoms with Crippen LogP contribution < -0.4 is 4.74 Å². The zero-order valence-corrected chi connectivity index (χ0v) is 20.0. The van der Waals surface area contributed by atoms with Gasteiger partial charge in [-0.05, 0) is 48.2 Å². The molecule has 2 heterocycles. The first kappa shape index (κ1) is 23.8. The van der Waals surface area contributed by atoms with Crippen LogP contribution in [-0.4, -0.2) is 22.9 Å². The summed E-state index contributed by atoms with van der Waals surface area (Å²) in [6.07, 6.45) is 14.8. The summed E-state index contributed by atoms with van der Waals surface area (Å²) in [4.78, 5) is 9.18. The van der Waals surface area contributed by atoms with Gasteiger partial charge in [-0.15, -0.1) is 0 Å². The first-order valence-corrected chi connectivity index (χ1v) is 12.4. The molecule has 0 radical (unpaired) electrons. The largest absolute Gasteiger partial charge is 0.482 e. The molecule has 0 fully saturated rings. The lowest BCUT2D eigenvalue weighted by Crippen LogP contribution is -2.22. The summed E-state index contributed by atoms with van der Waals surface area (Å²) in [6, 6.07) is 18.1. The topological polar surface area (TPSA) is 53.5 Å². The summed E-state index contributed by atoms with van der Waals surface area (Å²) in [5.74, 6) is 2.20. The SMILES string of the molecule is CCCCCCCCc1cnc(-c2ccc(OC(Cc3ccccc3)C3=COCO3)cc2)nc1. The van der Waals surface area contributed by atoms with Gasteiger partial charge in [0.25, 0.3) is 0 Å². The highest BCUT2D eigenvalue weighted by atomic mass is 16.7. The maximum absolute atomic E-state index is 6.28. The fourth-order valence-electron chi connectivity index (χ4n) is 4.04. The van der Waals surface area contributed by atoms with Gasteiger partial charge in [0, 0.05) is 24.4 Å². The first-order valence-electron chi connectivity index (χ1n) is 12.4. The standard InChI is InChI=1S/C29H34N2O3/c1-2-3-4-5-6-8-13-24-19-30-29(31-20-24)25-14-16-26(17-15-25)34-27(28-21-32-22-33-28)18-23-11-9-7-10-12-23/h7,9-12,14-17,19-21,27H,2-6,8,13,18,22H2,1H3. The number of benzene rings is 2. The van der Waals surface area contributed by atoms with E-state index in [1.54, 1.807) is 6.26 Å². The van der Waals surface area contributed by atoms with Gasteiger partial charge in [0.2, 0.25) is 6.79 Å². The Morgan fingerprint density at radius 2 is 1.59 bits per heavy atom. The van der Waals surface area contributed by atoms with E-state index in [1.807, 2.05) is 54.9 Å². The minimum absolute atomic E-state index is 0.231. The molecule has 0 N–H and O–H groups in total. The summed E-state index contributed by atoms with van der Waals surface area (Å²) in [6.45, 7) is 2.48. The normalized spacial score (nSPS) is 13.6. The van der Waals surface area contributed by atoms with Crippen molar-refractivity contribution in [3.05, 3.63) is 90.1 Å². The zero-order chi connectivity index (χ0) is 23.4. The number of nitrogens with zero attached hydrogens (tertiary/aromatic N) is 2. The average molecular weight is 459 g/mol. The minimum atomic E-state index is -0.256. The summed E-state index contributed by atoms with van der Waals surface area (Å²) in [5, 5.41) is 0. The van der Waals surface area contributed by atoms with Gasteiger partial charge in [-0.25, -0.2) is 9.97 Å². The van der Waals surface area contributed by atoms with Gasteiger partial charge in [-0.3, -0.25) is 0 Å². The molecule has 0 saturated heterocycles. The minimum Gasteiger partial charge on any atom is -0.482 e. The molecule has 0 aliphatic carbocycles. The second-order valence-electron chi connectivity index (χ2n) is 8.70. The van der Waals surface area contributed by atoms with Crippen LogP contribution in [0, 0.1) is 0 Å². The van der Waals surface area contributed by atoms with Gasteiger partial charge in [0.15, 0.2) is 17.7 Å². The van der Waals surface area contributed by atoms with E-state index in [4.69, 9.17) is 14.2 Å². The Hall–Kier alpha value is -3.34. The van der Waals surface area contributed by atoms with Crippen LogP contribution in [-0.2, 0) is 22.3 Å². The fourth-order valence-corrected chi connectivity index (χ4v) is 4.04. The van der Waals surface area contributed by atoms with E-state index in [0.717, 1.165) is 23.6 Å². The lowest BCUT2D eigenvalue weighted by molar-refractivity contribution is 0.0557. The molecule has 1 aliphatic rings. The molecule has 5 heteroatoms. The second kappa shape index (κ2) is 12.8. The van der Waals surface area contributed by atoms with E-state index < -0.39 is 0 Å². The molecular weight excluding hydrogens is 424 g/mol. The highest BCUT2D eigenvalue weighted by Gasteiger charge is 2.22. The molecule has 1 atom stereocenters. The van der Waals surface area contributed by atoms with Crippen molar-refractivity contribution in [1.29, 1.82) is 0 Å². The Labute approximate surface area is 202 Å². The highest BCUT2D eigenvalue weighted by molar-refractivity contribution is 5.56. The van der Waals surface area contributed by atoms with Crippen molar-refractivity contribution < 1.29 is 14.2 Å². The van der Waals surface area contributed by atoms with E-state index in [9.17, 15) is 0 Å². The maximum atomic E-state index is 6.28. The van der Waals surface area contributed by atoms with E-state index in [0.29, 0.717) is 12.2 Å². The molecule has 1 aliphatic heterocycles. The van der Waals surface area contributed by atoms with Gasteiger partial charge < -0.3 is 14.2 Å². The number of hydrogen-bond donors (Lipinski definition) is 0. The Balaban J connectivity index is 1.33. The van der Waals surface area contributed by atoms with Crippen molar-refractivity contribution in [2.45, 2.75) is 64.4 Å². The summed E-state index contributed by atoms with van der Waals surface area (Å²) in [5.41, 5.74) is 3.35. The lowest BCUT2D eigenvalue weighted by Gasteiger charge is -2.19. The number of rotatable bonds is 13. The third-order valence-corrected chi connectivity index (χ3v) is 5.99. The lowest BCUT2D eigenvalue weighted by atomic mass is 10.1. The molecular formula is C29H34N2O3. The van der Waals surface area contributed by atoms with Crippen molar-refractivity contribution in [3.8, 4) is 17.1 Å². The van der Waals surface area contributed by atoms with Gasteiger partial charge in [-0.1, -0.05) is 69.4 Å². The molecule has 34 heavy (non-hydrogen) atoms. The van der Waals surface area contributed by atoms with E-state index in [2.05, 4.69) is 29.0 Å². The molecule has 4 rings (SSSR count). The molecule has 3 aromatic rings. The van der Waals surface area contributed by atoms with E-state index >= 15 is 0 Å². The smallest absolute Gasteiger partial charge is 0.230 e. The quantitative estimate of drug-likeness (QED) is 0.261. The van der Waals surface area contributed by atoms with Crippen molar-refractivity contribution in [3.63, 3.8) is 0 Å². The van der Waals surface area contributed by atoms with E-state index in [-0.39, 0.29) is 12.9 Å². The molecule has 1 unspecified atom stereocenters. The summed E-state index contributed by atoms with van der Waals surface area (Å²) < 4.78 is 17.2. The van der Waals surface area contributed by atoms with Crippen LogP contribution in [0.15, 0.2) is 79.0 Å². The number of hydrogen-bond acceptors (Lipinski definition) is 5. The van der Waals surface area contributed by atoms with Gasteiger partial charge in [0.1, 0.15) is 12.0 Å². The number of aromatic nitrogens is 2. The molecule has 5 nitrogen and oxygen atoms in total. The van der Waals surface area contributed by atoms with Gasteiger partial charge in [-0.2, -0.15) is 0 Å². The van der Waals surface area contributed by atoms with Gasteiger partial charge in [0.05, 0.1) is 0 Å². The van der Waals surface area contributed by atoms with Crippen LogP contribution in [0.4, 0.5) is 0 Å². The Kier molecular flexibility index (Phi) is 8.95. The highest BCUT2D eigenvalue weighted by Crippen LogP contribution is 2.25. The predicted molar refractivity (Wildman–Crippen MR) is 134 cm³/mol. The Morgan fingerprint density at radius 1 is 0.853 bits per heavy atom. The van der Waals surface area contributed by atoms with Crippen molar-refractivity contribution >= 4 is 0 Å². The predicted octanol–water partition coefficient (Wildman–Crippen LogP) is 6.88. The molecule has 2 aromatic carbocycles. The third kappa shape index (κ3) is 7.08. The molecule has 0 amide bonds. The second-order valence-corrected chi connectivity index (χ2v) is 8.70. The first-order chi connectivity index (χ1) is 16.8. The molecule has 0 saturated carbocycles. The average Bonchev–Trinajstić information content (AvgIpc) is 3.42. The Morgan fingerprint density at radius 3 is 2.29 bits per heavy atom. The van der Waals surface area contributed by atoms with Crippen molar-refractivity contribution in [2.24, 2.45) is 0 Å². The third-order valence-electron chi connectivity index (χ3n) is 5.99. The molecule has 1 aromatic heterocycles. The molecule has 0 spiro atoms. The number of unbranched alkanes of at least 4 members (excludes halogenated alkanes) is 5. The van der Waals surface area contributed by atoms with Crippen LogP contribution in [0.3, 0.4) is 0 Å². The fraction of sp³-hybridized carbons (Fsp3) is 0.379. The monoisotopic (exact) mass is 458 g/mol. The molecule has 178 valence electrons. The van der Waals surface area contributed by atoms with Crippen molar-refractivity contribution in [2.75, 3.05) is 6.79 Å². The van der Waals surface area contributed by atoms with Gasteiger partial charge >= 0.3 is 0 Å². The zero-order valence-electron chi connectivity index (χ0n) is 20.0. The number of ether oxygens (including phenoxy) is 3. The van der Waals surface area contributed by atoms with Crippen LogP contribution in [0.25, 0.3) is 11.4 Å². The summed E-state index contributed by atoms with van der Waals surface area (Å²) in [7, 11) is 0. The molecule has 0 bridgehead atoms. The summed E-state index contributed by atoms with van der Waals surface area (Å²) >= 11 is 0. The van der Waals surface area contributed by atoms with Crippen molar-refractivity contribution in [1.82, 2.24) is 9.97 Å². The van der Waals surface area contributed by atoms with E-state index in [1.165, 1.54) is 49.7 Å². The van der Waals surface area contributed by atoms with Crippen LogP contribution in [0.5, 0.6) is 5.75 Å².